The summed E-state index contributed by atoms with van der Waals surface area (Å²) in [5, 5.41) is 13.4. The van der Waals surface area contributed by atoms with Gasteiger partial charge in [0.1, 0.15) is 5.60 Å². The molecule has 0 saturated carbocycles. The van der Waals surface area contributed by atoms with Gasteiger partial charge in [0.15, 0.2) is 11.6 Å². The molecule has 0 aliphatic heterocycles. The van der Waals surface area contributed by atoms with E-state index in [0.717, 1.165) is 17.2 Å². The Morgan fingerprint density at radius 1 is 1.04 bits per heavy atom. The molecule has 0 aliphatic rings. The molecule has 0 radical (unpaired) electrons. The van der Waals surface area contributed by atoms with Gasteiger partial charge in [-0.15, -0.1) is 0 Å². The number of benzene rings is 3. The zero-order chi connectivity index (χ0) is 20.1. The maximum absolute atomic E-state index is 13.8. The minimum atomic E-state index is -1.27. The minimum absolute atomic E-state index is 0.00976. The second kappa shape index (κ2) is 8.23. The molecular weight excluding hydrogens is 357 g/mol. The van der Waals surface area contributed by atoms with Crippen molar-refractivity contribution >= 4 is 5.91 Å². The standard InChI is InChI=1S/C23H22FNO3/c1-23(27,15-25-22(26)18-10-13-21(28-2)20(24)14-18)19-11-8-17(9-12-19)16-6-4-3-5-7-16/h3-14,27H,15H2,1-2H3,(H,25,26). The molecule has 3 aromatic rings. The van der Waals surface area contributed by atoms with Crippen LogP contribution < -0.4 is 10.1 Å². The maximum Gasteiger partial charge on any atom is 0.251 e. The van der Waals surface area contributed by atoms with E-state index in [1.165, 1.54) is 19.2 Å². The van der Waals surface area contributed by atoms with E-state index in [0.29, 0.717) is 5.56 Å². The fourth-order valence-electron chi connectivity index (χ4n) is 2.92. The van der Waals surface area contributed by atoms with Gasteiger partial charge in [0, 0.05) is 5.56 Å². The molecule has 0 spiro atoms. The first kappa shape index (κ1) is 19.6. The van der Waals surface area contributed by atoms with E-state index in [1.54, 1.807) is 6.92 Å². The molecule has 1 amide bonds. The van der Waals surface area contributed by atoms with Crippen molar-refractivity contribution < 1.29 is 19.0 Å². The van der Waals surface area contributed by atoms with E-state index in [2.05, 4.69) is 5.32 Å². The Hall–Kier alpha value is -3.18. The van der Waals surface area contributed by atoms with Gasteiger partial charge in [0.2, 0.25) is 0 Å². The van der Waals surface area contributed by atoms with Crippen molar-refractivity contribution in [2.45, 2.75) is 12.5 Å². The first-order valence-corrected chi connectivity index (χ1v) is 8.91. The Kier molecular flexibility index (Phi) is 5.76. The van der Waals surface area contributed by atoms with Crippen molar-refractivity contribution in [2.75, 3.05) is 13.7 Å². The molecule has 0 heterocycles. The summed E-state index contributed by atoms with van der Waals surface area (Å²) in [6, 6.07) is 21.4. The van der Waals surface area contributed by atoms with Crippen LogP contribution in [0.3, 0.4) is 0 Å². The molecule has 4 nitrogen and oxygen atoms in total. The molecule has 0 aromatic heterocycles. The Bertz CT molecular complexity index is 953. The van der Waals surface area contributed by atoms with Crippen LogP contribution in [0.4, 0.5) is 4.39 Å². The van der Waals surface area contributed by atoms with Gasteiger partial charge in [-0.2, -0.15) is 0 Å². The molecule has 3 aromatic carbocycles. The maximum atomic E-state index is 13.8. The van der Waals surface area contributed by atoms with E-state index in [9.17, 15) is 14.3 Å². The summed E-state index contributed by atoms with van der Waals surface area (Å²) in [5.74, 6) is -1.01. The number of ether oxygens (including phenoxy) is 1. The smallest absolute Gasteiger partial charge is 0.251 e. The molecule has 5 heteroatoms. The lowest BCUT2D eigenvalue weighted by Gasteiger charge is -2.24. The van der Waals surface area contributed by atoms with Crippen molar-refractivity contribution in [1.29, 1.82) is 0 Å². The number of amides is 1. The van der Waals surface area contributed by atoms with Gasteiger partial charge in [-0.05, 0) is 41.8 Å². The van der Waals surface area contributed by atoms with Crippen LogP contribution in [-0.2, 0) is 5.60 Å². The van der Waals surface area contributed by atoms with Gasteiger partial charge in [-0.25, -0.2) is 4.39 Å². The number of halogens is 1. The number of carbonyl (C=O) groups excluding carboxylic acids is 1. The molecule has 144 valence electrons. The molecular formula is C23H22FNO3. The third kappa shape index (κ3) is 4.38. The van der Waals surface area contributed by atoms with E-state index < -0.39 is 17.3 Å². The average Bonchev–Trinajstić information content (AvgIpc) is 2.72. The summed E-state index contributed by atoms with van der Waals surface area (Å²) < 4.78 is 18.6. The molecule has 2 N–H and O–H groups in total. The topological polar surface area (TPSA) is 58.6 Å². The zero-order valence-corrected chi connectivity index (χ0v) is 15.8. The van der Waals surface area contributed by atoms with Crippen LogP contribution in [0.15, 0.2) is 72.8 Å². The Morgan fingerprint density at radius 2 is 1.68 bits per heavy atom. The number of nitrogens with one attached hydrogen (secondary N) is 1. The zero-order valence-electron chi connectivity index (χ0n) is 15.8. The van der Waals surface area contributed by atoms with E-state index in [1.807, 2.05) is 54.6 Å². The molecule has 1 atom stereocenters. The molecule has 1 unspecified atom stereocenters. The summed E-state index contributed by atoms with van der Waals surface area (Å²) in [6.45, 7) is 1.61. The predicted octanol–water partition coefficient (Wildman–Crippen LogP) is 4.14. The molecule has 28 heavy (non-hydrogen) atoms. The van der Waals surface area contributed by atoms with Gasteiger partial charge in [-0.3, -0.25) is 4.79 Å². The van der Waals surface area contributed by atoms with E-state index in [-0.39, 0.29) is 17.9 Å². The fourth-order valence-corrected chi connectivity index (χ4v) is 2.92. The number of hydrogen-bond acceptors (Lipinski definition) is 3. The fraction of sp³-hybridized carbons (Fsp3) is 0.174. The highest BCUT2D eigenvalue weighted by Gasteiger charge is 2.24. The third-order valence-corrected chi connectivity index (χ3v) is 4.62. The number of methoxy groups -OCH3 is 1. The van der Waals surface area contributed by atoms with Crippen LogP contribution in [0.2, 0.25) is 0 Å². The average molecular weight is 379 g/mol. The molecule has 0 bridgehead atoms. The highest BCUT2D eigenvalue weighted by atomic mass is 19.1. The van der Waals surface area contributed by atoms with Gasteiger partial charge in [-0.1, -0.05) is 54.6 Å². The highest BCUT2D eigenvalue weighted by molar-refractivity contribution is 5.94. The van der Waals surface area contributed by atoms with Crippen LogP contribution in [0.1, 0.15) is 22.8 Å². The van der Waals surface area contributed by atoms with Crippen LogP contribution in [0.5, 0.6) is 5.75 Å². The van der Waals surface area contributed by atoms with Crippen molar-refractivity contribution in [3.63, 3.8) is 0 Å². The summed E-state index contributed by atoms with van der Waals surface area (Å²) in [6.07, 6.45) is 0. The summed E-state index contributed by atoms with van der Waals surface area (Å²) in [4.78, 5) is 12.3. The van der Waals surface area contributed by atoms with Crippen LogP contribution in [-0.4, -0.2) is 24.7 Å². The van der Waals surface area contributed by atoms with Crippen LogP contribution in [0.25, 0.3) is 11.1 Å². The van der Waals surface area contributed by atoms with E-state index >= 15 is 0 Å². The molecule has 0 saturated heterocycles. The highest BCUT2D eigenvalue weighted by Crippen LogP contribution is 2.25. The summed E-state index contributed by atoms with van der Waals surface area (Å²) in [7, 11) is 1.36. The lowest BCUT2D eigenvalue weighted by molar-refractivity contribution is 0.0526. The first-order valence-electron chi connectivity index (χ1n) is 8.91. The first-order chi connectivity index (χ1) is 13.4. The number of rotatable bonds is 6. The normalized spacial score (nSPS) is 12.9. The Labute approximate surface area is 163 Å². The van der Waals surface area contributed by atoms with Gasteiger partial charge >= 0.3 is 0 Å². The second-order valence-corrected chi connectivity index (χ2v) is 6.75. The van der Waals surface area contributed by atoms with Crippen LogP contribution >= 0.6 is 0 Å². The van der Waals surface area contributed by atoms with Crippen molar-refractivity contribution in [1.82, 2.24) is 5.32 Å². The van der Waals surface area contributed by atoms with Gasteiger partial charge < -0.3 is 15.2 Å². The number of carbonyl (C=O) groups is 1. The van der Waals surface area contributed by atoms with Gasteiger partial charge in [0.25, 0.3) is 5.91 Å². The van der Waals surface area contributed by atoms with Crippen molar-refractivity contribution in [3.05, 3.63) is 89.7 Å². The van der Waals surface area contributed by atoms with Crippen molar-refractivity contribution in [2.24, 2.45) is 0 Å². The lowest BCUT2D eigenvalue weighted by atomic mass is 9.93. The number of hydrogen-bond donors (Lipinski definition) is 2. The molecule has 3 rings (SSSR count). The second-order valence-electron chi connectivity index (χ2n) is 6.75. The van der Waals surface area contributed by atoms with Crippen molar-refractivity contribution in [3.8, 4) is 16.9 Å². The monoisotopic (exact) mass is 379 g/mol. The van der Waals surface area contributed by atoms with Gasteiger partial charge in [0.05, 0.1) is 13.7 Å². The predicted molar refractivity (Wildman–Crippen MR) is 107 cm³/mol. The Balaban J connectivity index is 1.68. The quantitative estimate of drug-likeness (QED) is 0.677. The van der Waals surface area contributed by atoms with Crippen LogP contribution in [0, 0.1) is 5.82 Å². The SMILES string of the molecule is COc1ccc(C(=O)NCC(C)(O)c2ccc(-c3ccccc3)cc2)cc1F. The van der Waals surface area contributed by atoms with E-state index in [4.69, 9.17) is 4.74 Å². The minimum Gasteiger partial charge on any atom is -0.494 e. The summed E-state index contributed by atoms with van der Waals surface area (Å²) in [5.41, 5.74) is 1.69. The Morgan fingerprint density at radius 3 is 2.29 bits per heavy atom. The largest absolute Gasteiger partial charge is 0.494 e. The summed E-state index contributed by atoms with van der Waals surface area (Å²) >= 11 is 0. The third-order valence-electron chi connectivity index (χ3n) is 4.62. The number of aliphatic hydroxyl groups is 1. The molecule has 0 fully saturated rings. The lowest BCUT2D eigenvalue weighted by Crippen LogP contribution is -2.38. The molecule has 0 aliphatic carbocycles.